The van der Waals surface area contributed by atoms with Gasteiger partial charge in [0.15, 0.2) is 0 Å². The van der Waals surface area contributed by atoms with Crippen molar-refractivity contribution in [2.75, 3.05) is 5.32 Å². The van der Waals surface area contributed by atoms with E-state index in [2.05, 4.69) is 5.32 Å². The van der Waals surface area contributed by atoms with Gasteiger partial charge in [-0.25, -0.2) is 4.79 Å². The summed E-state index contributed by atoms with van der Waals surface area (Å²) in [5, 5.41) is 11.8. The molecule has 0 spiro atoms. The summed E-state index contributed by atoms with van der Waals surface area (Å²) in [4.78, 5) is 34.6. The molecule has 1 unspecified atom stereocenters. The van der Waals surface area contributed by atoms with Crippen molar-refractivity contribution < 1.29 is 24.2 Å². The van der Waals surface area contributed by atoms with Crippen LogP contribution in [0.1, 0.15) is 23.2 Å². The lowest BCUT2D eigenvalue weighted by atomic mass is 10.1. The molecule has 0 aromatic heterocycles. The van der Waals surface area contributed by atoms with Crippen molar-refractivity contribution in [3.63, 3.8) is 0 Å². The fourth-order valence-corrected chi connectivity index (χ4v) is 2.59. The number of amides is 1. The molecule has 4 N–H and O–H groups in total. The molecular formula is C18H16Cl2N2O5. The van der Waals surface area contributed by atoms with E-state index in [0.29, 0.717) is 15.7 Å². The third-order valence-corrected chi connectivity index (χ3v) is 3.88. The Kier molecular flexibility index (Phi) is 7.18. The van der Waals surface area contributed by atoms with Crippen molar-refractivity contribution in [2.24, 2.45) is 5.73 Å². The van der Waals surface area contributed by atoms with Gasteiger partial charge in [0, 0.05) is 22.2 Å². The van der Waals surface area contributed by atoms with Gasteiger partial charge >= 0.3 is 11.9 Å². The lowest BCUT2D eigenvalue weighted by molar-refractivity contribution is -0.137. The van der Waals surface area contributed by atoms with Crippen molar-refractivity contribution in [1.29, 1.82) is 0 Å². The number of hydrogen-bond donors (Lipinski definition) is 3. The lowest BCUT2D eigenvalue weighted by Gasteiger charge is -2.11. The standard InChI is InChI=1S/C18H16Cl2N2O5/c19-11-7-12(20)9-14(8-11)27-18(26)10-1-3-13(4-2-10)22-17(25)15(21)5-6-16(23)24/h1-4,7-9,15H,5-6,21H2,(H,22,25)(H,23,24). The highest BCUT2D eigenvalue weighted by atomic mass is 35.5. The molecule has 0 heterocycles. The summed E-state index contributed by atoms with van der Waals surface area (Å²) in [6, 6.07) is 9.42. The number of carbonyl (C=O) groups is 3. The van der Waals surface area contributed by atoms with Gasteiger partial charge in [-0.1, -0.05) is 23.2 Å². The Balaban J connectivity index is 1.96. The maximum Gasteiger partial charge on any atom is 0.343 e. The van der Waals surface area contributed by atoms with Crippen LogP contribution in [-0.4, -0.2) is 29.0 Å². The predicted molar refractivity (Wildman–Crippen MR) is 101 cm³/mol. The van der Waals surface area contributed by atoms with Gasteiger partial charge < -0.3 is 20.9 Å². The van der Waals surface area contributed by atoms with Gasteiger partial charge in [0.05, 0.1) is 11.6 Å². The molecule has 1 atom stereocenters. The van der Waals surface area contributed by atoms with Crippen molar-refractivity contribution in [1.82, 2.24) is 0 Å². The van der Waals surface area contributed by atoms with Crippen molar-refractivity contribution in [2.45, 2.75) is 18.9 Å². The van der Waals surface area contributed by atoms with Crippen LogP contribution >= 0.6 is 23.2 Å². The molecule has 0 fully saturated rings. The van der Waals surface area contributed by atoms with Gasteiger partial charge in [0.25, 0.3) is 0 Å². The molecule has 142 valence electrons. The van der Waals surface area contributed by atoms with Crippen LogP contribution in [0, 0.1) is 0 Å². The number of esters is 1. The maximum atomic E-state index is 12.2. The SMILES string of the molecule is NC(CCC(=O)O)C(=O)Nc1ccc(C(=O)Oc2cc(Cl)cc(Cl)c2)cc1. The molecule has 27 heavy (non-hydrogen) atoms. The minimum absolute atomic E-state index is 0.0216. The van der Waals surface area contributed by atoms with Crippen molar-refractivity contribution >= 4 is 46.7 Å². The van der Waals surface area contributed by atoms with Crippen LogP contribution in [0.5, 0.6) is 5.75 Å². The molecule has 0 aliphatic heterocycles. The summed E-state index contributed by atoms with van der Waals surface area (Å²) in [5.41, 5.74) is 6.29. The van der Waals surface area contributed by atoms with Crippen molar-refractivity contribution in [3.8, 4) is 5.75 Å². The molecule has 2 rings (SSSR count). The lowest BCUT2D eigenvalue weighted by Crippen LogP contribution is -2.36. The number of aliphatic carboxylic acids is 1. The van der Waals surface area contributed by atoms with Crippen LogP contribution < -0.4 is 15.8 Å². The monoisotopic (exact) mass is 410 g/mol. The second-order valence-corrected chi connectivity index (χ2v) is 6.47. The summed E-state index contributed by atoms with van der Waals surface area (Å²) in [5.74, 6) is -1.95. The Bertz CT molecular complexity index is 835. The van der Waals surface area contributed by atoms with Gasteiger partial charge in [0.1, 0.15) is 5.75 Å². The number of rotatable bonds is 7. The predicted octanol–water partition coefficient (Wildman–Crippen LogP) is 3.34. The van der Waals surface area contributed by atoms with Crippen molar-refractivity contribution in [3.05, 3.63) is 58.1 Å². The maximum absolute atomic E-state index is 12.2. The number of benzene rings is 2. The molecule has 1 amide bonds. The van der Waals surface area contributed by atoms with Gasteiger partial charge in [0.2, 0.25) is 5.91 Å². The van der Waals surface area contributed by atoms with Gasteiger partial charge in [-0.15, -0.1) is 0 Å². The number of nitrogens with one attached hydrogen (secondary N) is 1. The summed E-state index contributed by atoms with van der Waals surface area (Å²) in [7, 11) is 0. The summed E-state index contributed by atoms with van der Waals surface area (Å²) < 4.78 is 5.20. The summed E-state index contributed by atoms with van der Waals surface area (Å²) in [6.45, 7) is 0. The van der Waals surface area contributed by atoms with Crippen LogP contribution in [-0.2, 0) is 9.59 Å². The molecular weight excluding hydrogens is 395 g/mol. The Morgan fingerprint density at radius 1 is 1.07 bits per heavy atom. The summed E-state index contributed by atoms with van der Waals surface area (Å²) in [6.07, 6.45) is -0.180. The van der Waals surface area contributed by atoms with E-state index in [1.807, 2.05) is 0 Å². The van der Waals surface area contributed by atoms with E-state index in [9.17, 15) is 14.4 Å². The average Bonchev–Trinajstić information content (AvgIpc) is 2.59. The minimum atomic E-state index is -1.03. The van der Waals surface area contributed by atoms with Crippen LogP contribution in [0.2, 0.25) is 10.0 Å². The molecule has 0 saturated carbocycles. The fraction of sp³-hybridized carbons (Fsp3) is 0.167. The zero-order valence-electron chi connectivity index (χ0n) is 13.9. The highest BCUT2D eigenvalue weighted by Crippen LogP contribution is 2.25. The largest absolute Gasteiger partial charge is 0.481 e. The van der Waals surface area contributed by atoms with E-state index in [-0.39, 0.29) is 24.2 Å². The van der Waals surface area contributed by atoms with E-state index >= 15 is 0 Å². The quantitative estimate of drug-likeness (QED) is 0.475. The second-order valence-electron chi connectivity index (χ2n) is 5.60. The molecule has 7 nitrogen and oxygen atoms in total. The Morgan fingerprint density at radius 3 is 2.22 bits per heavy atom. The third-order valence-electron chi connectivity index (χ3n) is 3.44. The van der Waals surface area contributed by atoms with E-state index in [1.54, 1.807) is 0 Å². The van der Waals surface area contributed by atoms with E-state index in [0.717, 1.165) is 0 Å². The number of anilines is 1. The number of carbonyl (C=O) groups excluding carboxylic acids is 2. The smallest absolute Gasteiger partial charge is 0.343 e. The third kappa shape index (κ3) is 6.56. The molecule has 0 bridgehead atoms. The first-order valence-electron chi connectivity index (χ1n) is 7.81. The highest BCUT2D eigenvalue weighted by Gasteiger charge is 2.15. The summed E-state index contributed by atoms with van der Waals surface area (Å²) >= 11 is 11.7. The topological polar surface area (TPSA) is 119 Å². The number of carboxylic acids is 1. The highest BCUT2D eigenvalue weighted by molar-refractivity contribution is 6.34. The van der Waals surface area contributed by atoms with E-state index < -0.39 is 23.9 Å². The van der Waals surface area contributed by atoms with E-state index in [4.69, 9.17) is 38.8 Å². The number of ether oxygens (including phenoxy) is 1. The molecule has 2 aromatic rings. The zero-order valence-corrected chi connectivity index (χ0v) is 15.5. The Hall–Kier alpha value is -2.61. The normalized spacial score (nSPS) is 11.5. The molecule has 0 aliphatic rings. The molecule has 0 saturated heterocycles. The Labute approximate surface area is 165 Å². The van der Waals surface area contributed by atoms with Crippen LogP contribution in [0.25, 0.3) is 0 Å². The zero-order chi connectivity index (χ0) is 20.0. The average molecular weight is 411 g/mol. The van der Waals surface area contributed by atoms with Crippen LogP contribution in [0.4, 0.5) is 5.69 Å². The van der Waals surface area contributed by atoms with Crippen LogP contribution in [0.3, 0.4) is 0 Å². The first kappa shape index (κ1) is 20.7. The molecule has 2 aromatic carbocycles. The van der Waals surface area contributed by atoms with Crippen LogP contribution in [0.15, 0.2) is 42.5 Å². The van der Waals surface area contributed by atoms with Gasteiger partial charge in [-0.3, -0.25) is 9.59 Å². The molecule has 9 heteroatoms. The minimum Gasteiger partial charge on any atom is -0.481 e. The van der Waals surface area contributed by atoms with Gasteiger partial charge in [-0.05, 0) is 48.9 Å². The number of halogens is 2. The molecule has 0 radical (unpaired) electrons. The second kappa shape index (κ2) is 9.36. The first-order valence-corrected chi connectivity index (χ1v) is 8.57. The fourth-order valence-electron chi connectivity index (χ4n) is 2.09. The van der Waals surface area contributed by atoms with Gasteiger partial charge in [-0.2, -0.15) is 0 Å². The van der Waals surface area contributed by atoms with E-state index in [1.165, 1.54) is 42.5 Å². The number of carboxylic acid groups (broad SMARTS) is 1. The first-order chi connectivity index (χ1) is 12.7. The number of hydrogen-bond acceptors (Lipinski definition) is 5. The Morgan fingerprint density at radius 2 is 1.67 bits per heavy atom. The molecule has 0 aliphatic carbocycles. The number of nitrogens with two attached hydrogens (primary N) is 1.